The molecule has 3 aromatic rings. The van der Waals surface area contributed by atoms with Crippen molar-refractivity contribution in [3.05, 3.63) is 74.5 Å². The van der Waals surface area contributed by atoms with E-state index in [4.69, 9.17) is 0 Å². The predicted octanol–water partition coefficient (Wildman–Crippen LogP) is 4.14. The summed E-state index contributed by atoms with van der Waals surface area (Å²) >= 11 is 1.93. The van der Waals surface area contributed by atoms with Gasteiger partial charge in [0.05, 0.1) is 5.69 Å². The maximum Gasteiger partial charge on any atom is 0.280 e. The van der Waals surface area contributed by atoms with Crippen molar-refractivity contribution in [1.29, 1.82) is 0 Å². The lowest BCUT2D eigenvalue weighted by Gasteiger charge is -2.14. The molecule has 0 bridgehead atoms. The Morgan fingerprint density at radius 2 is 1.86 bits per heavy atom. The van der Waals surface area contributed by atoms with E-state index >= 15 is 0 Å². The summed E-state index contributed by atoms with van der Waals surface area (Å²) in [5.74, 6) is -2.52. The molecule has 0 aliphatic heterocycles. The number of aromatic nitrogens is 2. The minimum atomic E-state index is -4.14. The molecular weight excluding hydrogens is 506 g/mol. The molecule has 0 aliphatic rings. The first-order chi connectivity index (χ1) is 13.1. The van der Waals surface area contributed by atoms with Gasteiger partial charge in [0, 0.05) is 28.8 Å². The van der Waals surface area contributed by atoms with Crippen LogP contribution in [0.3, 0.4) is 0 Å². The van der Waals surface area contributed by atoms with Crippen molar-refractivity contribution in [3.8, 4) is 0 Å². The summed E-state index contributed by atoms with van der Waals surface area (Å²) in [5, 5.41) is -0.261. The number of aryl methyl sites for hydroxylation is 2. The highest BCUT2D eigenvalue weighted by molar-refractivity contribution is 14.1. The molecular formula is C18H15F3IN3O2S. The highest BCUT2D eigenvalue weighted by Crippen LogP contribution is 2.28. The average molecular weight is 521 g/mol. The van der Waals surface area contributed by atoms with Crippen molar-refractivity contribution >= 4 is 38.3 Å². The quantitative estimate of drug-likeness (QED) is 0.514. The van der Waals surface area contributed by atoms with Gasteiger partial charge in [-0.1, -0.05) is 6.07 Å². The summed E-state index contributed by atoms with van der Waals surface area (Å²) in [7, 11) is -2.51. The molecule has 10 heteroatoms. The van der Waals surface area contributed by atoms with Crippen LogP contribution in [0.15, 0.2) is 41.6 Å². The average Bonchev–Trinajstić information content (AvgIpc) is 2.96. The van der Waals surface area contributed by atoms with Gasteiger partial charge in [0.1, 0.15) is 11.6 Å². The summed E-state index contributed by atoms with van der Waals surface area (Å²) in [6.45, 7) is 1.63. The molecule has 2 aromatic carbocycles. The van der Waals surface area contributed by atoms with Gasteiger partial charge in [0.15, 0.2) is 16.7 Å². The Hall–Kier alpha value is -2.08. The first-order valence-corrected chi connectivity index (χ1v) is 10.6. The zero-order valence-electron chi connectivity index (χ0n) is 14.8. The van der Waals surface area contributed by atoms with Crippen LogP contribution in [0.1, 0.15) is 17.0 Å². The SMILES string of the molecule is Cc1nc(S(=O)(=O)Nc2ccc(F)c(F)c2Cc2ccc(I)cc2F)cn1C. The van der Waals surface area contributed by atoms with Gasteiger partial charge in [0.2, 0.25) is 0 Å². The van der Waals surface area contributed by atoms with E-state index in [2.05, 4.69) is 9.71 Å². The van der Waals surface area contributed by atoms with E-state index in [9.17, 15) is 21.6 Å². The number of sulfonamides is 1. The Bertz CT molecular complexity index is 1140. The van der Waals surface area contributed by atoms with Crippen LogP contribution in [0, 0.1) is 27.9 Å². The second-order valence-corrected chi connectivity index (χ2v) is 9.02. The standard InChI is InChI=1S/C18H15F3IN3O2S/c1-10-23-17(9-25(10)2)28(26,27)24-16-6-5-14(19)18(21)13(16)7-11-3-4-12(22)8-15(11)20/h3-6,8-9,24H,7H2,1-2H3. The molecule has 0 spiro atoms. The third kappa shape index (κ3) is 4.17. The normalized spacial score (nSPS) is 11.6. The van der Waals surface area contributed by atoms with Gasteiger partial charge < -0.3 is 4.57 Å². The second-order valence-electron chi connectivity index (χ2n) is 6.14. The van der Waals surface area contributed by atoms with Crippen LogP contribution in [0.4, 0.5) is 18.9 Å². The monoisotopic (exact) mass is 521 g/mol. The van der Waals surface area contributed by atoms with Gasteiger partial charge in [-0.05, 0) is 59.3 Å². The van der Waals surface area contributed by atoms with E-state index in [0.717, 1.165) is 12.1 Å². The van der Waals surface area contributed by atoms with E-state index in [1.807, 2.05) is 22.6 Å². The molecule has 1 aromatic heterocycles. The molecule has 0 fully saturated rings. The summed E-state index contributed by atoms with van der Waals surface area (Å²) in [4.78, 5) is 3.94. The van der Waals surface area contributed by atoms with Crippen molar-refractivity contribution in [2.45, 2.75) is 18.4 Å². The molecule has 28 heavy (non-hydrogen) atoms. The fraction of sp³-hybridized carbons (Fsp3) is 0.167. The molecule has 0 saturated carbocycles. The molecule has 0 unspecified atom stereocenters. The number of anilines is 1. The number of rotatable bonds is 5. The van der Waals surface area contributed by atoms with E-state index in [1.54, 1.807) is 20.0 Å². The van der Waals surface area contributed by atoms with Crippen LogP contribution < -0.4 is 4.72 Å². The number of benzene rings is 2. The Morgan fingerprint density at radius 3 is 2.46 bits per heavy atom. The Kier molecular flexibility index (Phi) is 5.71. The highest BCUT2D eigenvalue weighted by atomic mass is 127. The van der Waals surface area contributed by atoms with E-state index in [0.29, 0.717) is 9.39 Å². The molecule has 0 radical (unpaired) electrons. The van der Waals surface area contributed by atoms with Gasteiger partial charge in [-0.15, -0.1) is 0 Å². The molecule has 1 heterocycles. The predicted molar refractivity (Wildman–Crippen MR) is 107 cm³/mol. The second kappa shape index (κ2) is 7.74. The lowest BCUT2D eigenvalue weighted by molar-refractivity contribution is 0.500. The maximum absolute atomic E-state index is 14.5. The van der Waals surface area contributed by atoms with Gasteiger partial charge in [-0.25, -0.2) is 18.2 Å². The first kappa shape index (κ1) is 20.6. The van der Waals surface area contributed by atoms with Crippen LogP contribution in [0.2, 0.25) is 0 Å². The number of halogens is 4. The topological polar surface area (TPSA) is 64.0 Å². The van der Waals surface area contributed by atoms with Crippen molar-refractivity contribution in [3.63, 3.8) is 0 Å². The van der Waals surface area contributed by atoms with Crippen LogP contribution in [-0.4, -0.2) is 18.0 Å². The lowest BCUT2D eigenvalue weighted by Crippen LogP contribution is -2.16. The molecule has 148 valence electrons. The van der Waals surface area contributed by atoms with Gasteiger partial charge >= 0.3 is 0 Å². The van der Waals surface area contributed by atoms with Gasteiger partial charge in [-0.3, -0.25) is 4.72 Å². The fourth-order valence-corrected chi connectivity index (χ4v) is 4.16. The van der Waals surface area contributed by atoms with Crippen LogP contribution >= 0.6 is 22.6 Å². The summed E-state index contributed by atoms with van der Waals surface area (Å²) in [5.41, 5.74) is -0.365. The molecule has 0 atom stereocenters. The van der Waals surface area contributed by atoms with Crippen molar-refractivity contribution in [2.75, 3.05) is 4.72 Å². The van der Waals surface area contributed by atoms with Gasteiger partial charge in [-0.2, -0.15) is 8.42 Å². The number of hydrogen-bond donors (Lipinski definition) is 1. The molecule has 3 rings (SSSR count). The number of nitrogens with one attached hydrogen (secondary N) is 1. The molecule has 1 N–H and O–H groups in total. The third-order valence-electron chi connectivity index (χ3n) is 4.18. The number of imidazole rings is 1. The smallest absolute Gasteiger partial charge is 0.280 e. The summed E-state index contributed by atoms with van der Waals surface area (Å²) < 4.78 is 72.0. The van der Waals surface area contributed by atoms with Crippen molar-refractivity contribution < 1.29 is 21.6 Å². The third-order valence-corrected chi connectivity index (χ3v) is 6.09. The fourth-order valence-electron chi connectivity index (χ4n) is 2.57. The van der Waals surface area contributed by atoms with E-state index < -0.39 is 27.5 Å². The van der Waals surface area contributed by atoms with Crippen LogP contribution in [-0.2, 0) is 23.5 Å². The lowest BCUT2D eigenvalue weighted by atomic mass is 10.0. The van der Waals surface area contributed by atoms with Crippen molar-refractivity contribution in [1.82, 2.24) is 9.55 Å². The number of hydrogen-bond acceptors (Lipinski definition) is 3. The largest absolute Gasteiger partial charge is 0.337 e. The Morgan fingerprint density at radius 1 is 1.14 bits per heavy atom. The zero-order valence-corrected chi connectivity index (χ0v) is 17.8. The minimum absolute atomic E-state index is 0.110. The van der Waals surface area contributed by atoms with Crippen LogP contribution in [0.5, 0.6) is 0 Å². The maximum atomic E-state index is 14.5. The van der Waals surface area contributed by atoms with E-state index in [1.165, 1.54) is 22.9 Å². The van der Waals surface area contributed by atoms with E-state index in [-0.39, 0.29) is 28.3 Å². The summed E-state index contributed by atoms with van der Waals surface area (Å²) in [6.07, 6.45) is 0.974. The highest BCUT2D eigenvalue weighted by Gasteiger charge is 2.23. The summed E-state index contributed by atoms with van der Waals surface area (Å²) in [6, 6.07) is 6.24. The van der Waals surface area contributed by atoms with Gasteiger partial charge in [0.25, 0.3) is 10.0 Å². The van der Waals surface area contributed by atoms with Crippen molar-refractivity contribution in [2.24, 2.45) is 7.05 Å². The zero-order chi connectivity index (χ0) is 20.6. The molecule has 0 saturated heterocycles. The molecule has 0 aliphatic carbocycles. The Labute approximate surface area is 173 Å². The molecule has 0 amide bonds. The minimum Gasteiger partial charge on any atom is -0.337 e. The molecule has 5 nitrogen and oxygen atoms in total. The van der Waals surface area contributed by atoms with Crippen LogP contribution in [0.25, 0.3) is 0 Å². The first-order valence-electron chi connectivity index (χ1n) is 8.02. The Balaban J connectivity index is 2.03. The number of nitrogens with zero attached hydrogens (tertiary/aromatic N) is 2.